The number of unbranched alkanes of at least 4 members (excludes halogenated alkanes) is 1. The predicted octanol–water partition coefficient (Wildman–Crippen LogP) is 5.56. The van der Waals surface area contributed by atoms with E-state index in [-0.39, 0.29) is 23.2 Å². The van der Waals surface area contributed by atoms with Crippen LogP contribution in [0.3, 0.4) is 0 Å². The summed E-state index contributed by atoms with van der Waals surface area (Å²) in [5.74, 6) is -0.602. The van der Waals surface area contributed by atoms with Crippen molar-refractivity contribution in [2.75, 3.05) is 0 Å². The summed E-state index contributed by atoms with van der Waals surface area (Å²) in [6, 6.07) is 12.6. The van der Waals surface area contributed by atoms with Gasteiger partial charge in [0.15, 0.2) is 5.69 Å². The number of halogens is 2. The second-order valence-corrected chi connectivity index (χ2v) is 7.13. The van der Waals surface area contributed by atoms with Gasteiger partial charge in [-0.25, -0.2) is 13.5 Å². The minimum absolute atomic E-state index is 0.0124. The first-order valence-electron chi connectivity index (χ1n) is 9.89. The third kappa shape index (κ3) is 3.72. The molecular formula is C22H21F2N5O. The van der Waals surface area contributed by atoms with Crippen molar-refractivity contribution in [3.63, 3.8) is 0 Å². The van der Waals surface area contributed by atoms with E-state index in [0.717, 1.165) is 19.3 Å². The summed E-state index contributed by atoms with van der Waals surface area (Å²) >= 11 is 0. The van der Waals surface area contributed by atoms with Gasteiger partial charge >= 0.3 is 0 Å². The molecule has 1 unspecified atom stereocenters. The highest BCUT2D eigenvalue weighted by Gasteiger charge is 2.26. The maximum atomic E-state index is 14.5. The molecule has 30 heavy (non-hydrogen) atoms. The first kappa shape index (κ1) is 19.9. The summed E-state index contributed by atoms with van der Waals surface area (Å²) < 4.78 is 35.5. The highest BCUT2D eigenvalue weighted by Crippen LogP contribution is 2.33. The SMILES string of the molecule is CCCCC(C)c1c(-c2nc(-c3ccccc3F)no2)nnn1-c1ccccc1F. The first-order valence-corrected chi connectivity index (χ1v) is 9.89. The Morgan fingerprint density at radius 3 is 2.50 bits per heavy atom. The number of hydrogen-bond acceptors (Lipinski definition) is 5. The van der Waals surface area contributed by atoms with E-state index in [1.54, 1.807) is 36.4 Å². The van der Waals surface area contributed by atoms with Crippen LogP contribution in [0.2, 0.25) is 0 Å². The highest BCUT2D eigenvalue weighted by molar-refractivity contribution is 5.60. The van der Waals surface area contributed by atoms with Crippen molar-refractivity contribution in [2.45, 2.75) is 39.0 Å². The molecule has 0 saturated carbocycles. The molecule has 0 spiro atoms. The second-order valence-electron chi connectivity index (χ2n) is 7.13. The largest absolute Gasteiger partial charge is 0.332 e. The minimum Gasteiger partial charge on any atom is -0.332 e. The van der Waals surface area contributed by atoms with Crippen molar-refractivity contribution in [1.82, 2.24) is 25.1 Å². The van der Waals surface area contributed by atoms with Crippen molar-refractivity contribution in [3.8, 4) is 28.7 Å². The minimum atomic E-state index is -0.448. The first-order chi connectivity index (χ1) is 14.6. The van der Waals surface area contributed by atoms with Crippen LogP contribution in [0.4, 0.5) is 8.78 Å². The van der Waals surface area contributed by atoms with Gasteiger partial charge in [0.2, 0.25) is 5.82 Å². The molecule has 0 N–H and O–H groups in total. The van der Waals surface area contributed by atoms with Gasteiger partial charge in [0.1, 0.15) is 17.3 Å². The van der Waals surface area contributed by atoms with Crippen LogP contribution in [0.5, 0.6) is 0 Å². The van der Waals surface area contributed by atoms with Crippen LogP contribution in [0.1, 0.15) is 44.7 Å². The van der Waals surface area contributed by atoms with Crippen molar-refractivity contribution in [1.29, 1.82) is 0 Å². The quantitative estimate of drug-likeness (QED) is 0.400. The number of benzene rings is 2. The van der Waals surface area contributed by atoms with E-state index in [1.807, 2.05) is 6.92 Å². The molecule has 2 aromatic carbocycles. The lowest BCUT2D eigenvalue weighted by Crippen LogP contribution is -2.08. The van der Waals surface area contributed by atoms with Gasteiger partial charge in [-0.2, -0.15) is 4.98 Å². The number of rotatable bonds is 7. The number of hydrogen-bond donors (Lipinski definition) is 0. The molecule has 4 aromatic rings. The van der Waals surface area contributed by atoms with E-state index < -0.39 is 11.6 Å². The molecule has 0 fully saturated rings. The van der Waals surface area contributed by atoms with E-state index in [9.17, 15) is 8.78 Å². The molecule has 0 saturated heterocycles. The molecule has 0 aliphatic carbocycles. The van der Waals surface area contributed by atoms with E-state index in [4.69, 9.17) is 4.52 Å². The van der Waals surface area contributed by atoms with Crippen molar-refractivity contribution in [3.05, 3.63) is 65.9 Å². The smallest absolute Gasteiger partial charge is 0.280 e. The molecule has 2 heterocycles. The van der Waals surface area contributed by atoms with E-state index in [0.29, 0.717) is 17.1 Å². The molecule has 1 atom stereocenters. The summed E-state index contributed by atoms with van der Waals surface area (Å²) in [5.41, 5.74) is 1.58. The Labute approximate surface area is 172 Å². The van der Waals surface area contributed by atoms with Gasteiger partial charge in [0, 0.05) is 5.92 Å². The Hall–Kier alpha value is -3.42. The molecule has 4 rings (SSSR count). The fourth-order valence-electron chi connectivity index (χ4n) is 3.40. The zero-order valence-corrected chi connectivity index (χ0v) is 16.7. The average Bonchev–Trinajstić information content (AvgIpc) is 3.40. The Morgan fingerprint density at radius 2 is 1.77 bits per heavy atom. The Bertz CT molecular complexity index is 1150. The van der Waals surface area contributed by atoms with Gasteiger partial charge < -0.3 is 4.52 Å². The summed E-state index contributed by atoms with van der Waals surface area (Å²) in [4.78, 5) is 4.34. The number of aromatic nitrogens is 5. The van der Waals surface area contributed by atoms with E-state index in [2.05, 4.69) is 27.4 Å². The predicted molar refractivity (Wildman–Crippen MR) is 108 cm³/mol. The Balaban J connectivity index is 1.81. The Kier molecular flexibility index (Phi) is 5.65. The summed E-state index contributed by atoms with van der Waals surface area (Å²) in [6.07, 6.45) is 2.88. The number of para-hydroxylation sites is 1. The molecule has 6 nitrogen and oxygen atoms in total. The molecule has 0 bridgehead atoms. The molecule has 154 valence electrons. The van der Waals surface area contributed by atoms with Crippen molar-refractivity contribution < 1.29 is 13.3 Å². The molecular weight excluding hydrogens is 388 g/mol. The number of nitrogens with zero attached hydrogens (tertiary/aromatic N) is 5. The Morgan fingerprint density at radius 1 is 1.03 bits per heavy atom. The fourth-order valence-corrected chi connectivity index (χ4v) is 3.40. The van der Waals surface area contributed by atoms with E-state index in [1.165, 1.54) is 16.8 Å². The molecule has 0 aliphatic heterocycles. The van der Waals surface area contributed by atoms with Gasteiger partial charge in [-0.15, -0.1) is 5.10 Å². The molecule has 0 amide bonds. The van der Waals surface area contributed by atoms with Crippen LogP contribution in [-0.4, -0.2) is 25.1 Å². The average molecular weight is 409 g/mol. The van der Waals surface area contributed by atoms with Gasteiger partial charge in [-0.05, 0) is 30.7 Å². The van der Waals surface area contributed by atoms with Crippen LogP contribution in [0.15, 0.2) is 53.1 Å². The van der Waals surface area contributed by atoms with E-state index >= 15 is 0 Å². The molecule has 0 radical (unpaired) electrons. The normalized spacial score (nSPS) is 12.3. The van der Waals surface area contributed by atoms with Crippen LogP contribution < -0.4 is 0 Å². The second kappa shape index (κ2) is 8.52. The molecule has 2 aromatic heterocycles. The van der Waals surface area contributed by atoms with Crippen molar-refractivity contribution in [2.24, 2.45) is 0 Å². The summed E-state index contributed by atoms with van der Waals surface area (Å²) in [7, 11) is 0. The summed E-state index contributed by atoms with van der Waals surface area (Å²) in [6.45, 7) is 4.14. The third-order valence-corrected chi connectivity index (χ3v) is 4.99. The standard InChI is InChI=1S/C22H21F2N5O/c1-3-4-9-14(2)20-19(26-28-29(20)18-13-8-7-12-17(18)24)22-25-21(27-30-22)15-10-5-6-11-16(15)23/h5-8,10-14H,3-4,9H2,1-2H3. The lowest BCUT2D eigenvalue weighted by atomic mass is 9.98. The summed E-state index contributed by atoms with van der Waals surface area (Å²) in [5, 5.41) is 12.3. The highest BCUT2D eigenvalue weighted by atomic mass is 19.1. The maximum Gasteiger partial charge on any atom is 0.280 e. The zero-order valence-electron chi connectivity index (χ0n) is 16.7. The van der Waals surface area contributed by atoms with Crippen LogP contribution in [0, 0.1) is 11.6 Å². The monoisotopic (exact) mass is 409 g/mol. The topological polar surface area (TPSA) is 69.6 Å². The lowest BCUT2D eigenvalue weighted by Gasteiger charge is -2.14. The van der Waals surface area contributed by atoms with Crippen LogP contribution in [-0.2, 0) is 0 Å². The maximum absolute atomic E-state index is 14.5. The van der Waals surface area contributed by atoms with Gasteiger partial charge in [0.25, 0.3) is 5.89 Å². The third-order valence-electron chi connectivity index (χ3n) is 4.99. The molecule has 0 aliphatic rings. The van der Waals surface area contributed by atoms with Crippen LogP contribution >= 0.6 is 0 Å². The lowest BCUT2D eigenvalue weighted by molar-refractivity contribution is 0.429. The van der Waals surface area contributed by atoms with Gasteiger partial charge in [0.05, 0.1) is 11.3 Å². The van der Waals surface area contributed by atoms with Crippen molar-refractivity contribution >= 4 is 0 Å². The van der Waals surface area contributed by atoms with Gasteiger partial charge in [-0.1, -0.05) is 61.3 Å². The zero-order chi connectivity index (χ0) is 21.1. The molecule has 8 heteroatoms. The fraction of sp³-hybridized carbons (Fsp3) is 0.273. The van der Waals surface area contributed by atoms with Gasteiger partial charge in [-0.3, -0.25) is 0 Å². The van der Waals surface area contributed by atoms with Crippen LogP contribution in [0.25, 0.3) is 28.7 Å².